The number of fused-ring (bicyclic) bond motifs is 1. The molecule has 3 heterocycles. The van der Waals surface area contributed by atoms with Gasteiger partial charge < -0.3 is 9.64 Å². The Labute approximate surface area is 143 Å². The van der Waals surface area contributed by atoms with Crippen LogP contribution in [0.4, 0.5) is 0 Å². The van der Waals surface area contributed by atoms with Crippen LogP contribution in [-0.2, 0) is 0 Å². The molecule has 1 aliphatic rings. The third-order valence-electron chi connectivity index (χ3n) is 3.98. The van der Waals surface area contributed by atoms with E-state index in [0.29, 0.717) is 17.4 Å². The molecule has 0 N–H and O–H groups in total. The normalized spacial score (nSPS) is 17.8. The standard InChI is InChI=1S/C17H16N4O2S/c22-17(16-19-13-6-1-2-7-14(13)24-16)21-10-4-5-12(11-21)23-15-8-3-9-18-20-15/h1-3,6-9,12H,4-5,10-11H2/t12-/m1/s1. The van der Waals surface area contributed by atoms with Gasteiger partial charge in [0.15, 0.2) is 5.01 Å². The molecule has 2 aromatic heterocycles. The number of piperidine rings is 1. The van der Waals surface area contributed by atoms with Gasteiger partial charge in [0.2, 0.25) is 5.88 Å². The summed E-state index contributed by atoms with van der Waals surface area (Å²) in [5.74, 6) is 0.473. The molecule has 0 aliphatic carbocycles. The van der Waals surface area contributed by atoms with E-state index in [2.05, 4.69) is 15.2 Å². The minimum absolute atomic E-state index is 0.0244. The van der Waals surface area contributed by atoms with E-state index in [1.807, 2.05) is 29.2 Å². The van der Waals surface area contributed by atoms with Crippen LogP contribution in [0.25, 0.3) is 10.2 Å². The summed E-state index contributed by atoms with van der Waals surface area (Å²) < 4.78 is 6.88. The Kier molecular flexibility index (Phi) is 4.08. The van der Waals surface area contributed by atoms with Gasteiger partial charge in [0.05, 0.1) is 16.8 Å². The van der Waals surface area contributed by atoms with E-state index in [-0.39, 0.29) is 12.0 Å². The number of hydrogen-bond donors (Lipinski definition) is 0. The van der Waals surface area contributed by atoms with Crippen molar-refractivity contribution in [3.05, 3.63) is 47.6 Å². The minimum atomic E-state index is -0.0613. The maximum absolute atomic E-state index is 12.8. The molecule has 1 atom stereocenters. The fourth-order valence-corrected chi connectivity index (χ4v) is 3.77. The van der Waals surface area contributed by atoms with Crippen LogP contribution in [0.2, 0.25) is 0 Å². The maximum atomic E-state index is 12.8. The Balaban J connectivity index is 1.48. The Hall–Kier alpha value is -2.54. The SMILES string of the molecule is O=C(c1nc2ccccc2s1)N1CCC[C@@H](Oc2cccnn2)C1. The van der Waals surface area contributed by atoms with E-state index in [1.165, 1.54) is 11.3 Å². The van der Waals surface area contributed by atoms with Crippen molar-refractivity contribution in [3.8, 4) is 5.88 Å². The van der Waals surface area contributed by atoms with Crippen molar-refractivity contribution in [2.45, 2.75) is 18.9 Å². The van der Waals surface area contributed by atoms with Crippen molar-refractivity contribution in [2.75, 3.05) is 13.1 Å². The van der Waals surface area contributed by atoms with Gasteiger partial charge >= 0.3 is 0 Å². The number of hydrogen-bond acceptors (Lipinski definition) is 6. The number of benzene rings is 1. The van der Waals surface area contributed by atoms with Gasteiger partial charge in [-0.25, -0.2) is 4.98 Å². The van der Waals surface area contributed by atoms with E-state index >= 15 is 0 Å². The molecule has 1 aromatic carbocycles. The fourth-order valence-electron chi connectivity index (χ4n) is 2.84. The third-order valence-corrected chi connectivity index (χ3v) is 5.00. The molecule has 7 heteroatoms. The lowest BCUT2D eigenvalue weighted by Crippen LogP contribution is -2.44. The Morgan fingerprint density at radius 3 is 3.00 bits per heavy atom. The van der Waals surface area contributed by atoms with E-state index in [1.54, 1.807) is 18.3 Å². The molecule has 1 aliphatic heterocycles. The summed E-state index contributed by atoms with van der Waals surface area (Å²) in [7, 11) is 0. The summed E-state index contributed by atoms with van der Waals surface area (Å²) in [5.41, 5.74) is 0.871. The Morgan fingerprint density at radius 1 is 1.25 bits per heavy atom. The number of amides is 1. The van der Waals surface area contributed by atoms with Crippen LogP contribution in [0.1, 0.15) is 22.6 Å². The zero-order chi connectivity index (χ0) is 16.4. The monoisotopic (exact) mass is 340 g/mol. The number of carbonyl (C=O) groups is 1. The van der Waals surface area contributed by atoms with Gasteiger partial charge in [0, 0.05) is 18.8 Å². The predicted molar refractivity (Wildman–Crippen MR) is 91.2 cm³/mol. The summed E-state index contributed by atoms with van der Waals surface area (Å²) >= 11 is 1.44. The van der Waals surface area contributed by atoms with Crippen LogP contribution >= 0.6 is 11.3 Å². The van der Waals surface area contributed by atoms with E-state index in [0.717, 1.165) is 29.6 Å². The molecule has 24 heavy (non-hydrogen) atoms. The fraction of sp³-hybridized carbons (Fsp3) is 0.294. The first kappa shape index (κ1) is 15.0. The highest BCUT2D eigenvalue weighted by atomic mass is 32.1. The number of ether oxygens (including phenoxy) is 1. The van der Waals surface area contributed by atoms with E-state index in [4.69, 9.17) is 4.74 Å². The molecule has 1 amide bonds. The first-order valence-electron chi connectivity index (χ1n) is 7.89. The van der Waals surface area contributed by atoms with Crippen molar-refractivity contribution in [1.82, 2.24) is 20.1 Å². The molecular weight excluding hydrogens is 324 g/mol. The second kappa shape index (κ2) is 6.52. The van der Waals surface area contributed by atoms with Gasteiger partial charge in [-0.1, -0.05) is 12.1 Å². The molecule has 0 bridgehead atoms. The molecule has 0 radical (unpaired) electrons. The molecular formula is C17H16N4O2S. The lowest BCUT2D eigenvalue weighted by atomic mass is 10.1. The predicted octanol–water partition coefficient (Wildman–Crippen LogP) is 2.77. The average Bonchev–Trinajstić information content (AvgIpc) is 3.06. The highest BCUT2D eigenvalue weighted by Crippen LogP contribution is 2.24. The molecule has 1 fully saturated rings. The number of nitrogens with zero attached hydrogens (tertiary/aromatic N) is 4. The molecule has 6 nitrogen and oxygen atoms in total. The first-order valence-corrected chi connectivity index (χ1v) is 8.70. The van der Waals surface area contributed by atoms with Crippen LogP contribution in [0.15, 0.2) is 42.6 Å². The van der Waals surface area contributed by atoms with Gasteiger partial charge in [-0.3, -0.25) is 4.79 Å². The van der Waals surface area contributed by atoms with Crippen molar-refractivity contribution >= 4 is 27.5 Å². The first-order chi connectivity index (χ1) is 11.8. The molecule has 3 aromatic rings. The van der Waals surface area contributed by atoms with Crippen LogP contribution < -0.4 is 4.74 Å². The number of thiazole rings is 1. The molecule has 0 saturated carbocycles. The summed E-state index contributed by atoms with van der Waals surface area (Å²) in [6.07, 6.45) is 3.35. The summed E-state index contributed by atoms with van der Waals surface area (Å²) in [4.78, 5) is 19.0. The number of rotatable bonds is 3. The van der Waals surface area contributed by atoms with Crippen molar-refractivity contribution in [1.29, 1.82) is 0 Å². The smallest absolute Gasteiger partial charge is 0.282 e. The van der Waals surface area contributed by atoms with Gasteiger partial charge in [-0.15, -0.1) is 16.4 Å². The van der Waals surface area contributed by atoms with Gasteiger partial charge in [0.1, 0.15) is 6.10 Å². The molecule has 0 spiro atoms. The summed E-state index contributed by atoms with van der Waals surface area (Å²) in [6.45, 7) is 1.28. The highest BCUT2D eigenvalue weighted by Gasteiger charge is 2.27. The van der Waals surface area contributed by atoms with E-state index < -0.39 is 0 Å². The average molecular weight is 340 g/mol. The minimum Gasteiger partial charge on any atom is -0.471 e. The summed E-state index contributed by atoms with van der Waals surface area (Å²) in [6, 6.07) is 11.4. The molecule has 4 rings (SSSR count). The van der Waals surface area contributed by atoms with Crippen LogP contribution in [-0.4, -0.2) is 45.2 Å². The molecule has 0 unspecified atom stereocenters. The van der Waals surface area contributed by atoms with Crippen molar-refractivity contribution in [3.63, 3.8) is 0 Å². The second-order valence-corrected chi connectivity index (χ2v) is 6.71. The van der Waals surface area contributed by atoms with Crippen LogP contribution in [0.3, 0.4) is 0 Å². The Bertz CT molecular complexity index is 819. The molecule has 1 saturated heterocycles. The maximum Gasteiger partial charge on any atom is 0.282 e. The quantitative estimate of drug-likeness (QED) is 0.733. The Morgan fingerprint density at radius 2 is 2.17 bits per heavy atom. The number of aromatic nitrogens is 3. The third kappa shape index (κ3) is 3.07. The number of likely N-dealkylation sites (tertiary alicyclic amines) is 1. The largest absolute Gasteiger partial charge is 0.471 e. The zero-order valence-electron chi connectivity index (χ0n) is 13.0. The second-order valence-electron chi connectivity index (χ2n) is 5.68. The highest BCUT2D eigenvalue weighted by molar-refractivity contribution is 7.20. The zero-order valence-corrected chi connectivity index (χ0v) is 13.8. The lowest BCUT2D eigenvalue weighted by molar-refractivity contribution is 0.0525. The van der Waals surface area contributed by atoms with Crippen LogP contribution in [0, 0.1) is 0 Å². The van der Waals surface area contributed by atoms with E-state index in [9.17, 15) is 4.79 Å². The van der Waals surface area contributed by atoms with Crippen LogP contribution in [0.5, 0.6) is 5.88 Å². The van der Waals surface area contributed by atoms with Crippen molar-refractivity contribution < 1.29 is 9.53 Å². The lowest BCUT2D eigenvalue weighted by Gasteiger charge is -2.31. The molecule has 122 valence electrons. The van der Waals surface area contributed by atoms with Gasteiger partial charge in [0.25, 0.3) is 5.91 Å². The van der Waals surface area contributed by atoms with Crippen molar-refractivity contribution in [2.24, 2.45) is 0 Å². The topological polar surface area (TPSA) is 68.2 Å². The van der Waals surface area contributed by atoms with Gasteiger partial charge in [-0.05, 0) is 31.0 Å². The number of carbonyl (C=O) groups excluding carboxylic acids is 1. The summed E-state index contributed by atoms with van der Waals surface area (Å²) in [5, 5.41) is 8.29. The number of para-hydroxylation sites is 1. The van der Waals surface area contributed by atoms with Gasteiger partial charge in [-0.2, -0.15) is 5.10 Å².